The number of hydrogen-bond acceptors (Lipinski definition) is 2. The molecule has 3 rings (SSSR count). The van der Waals surface area contributed by atoms with E-state index < -0.39 is 0 Å². The molecule has 0 amide bonds. The molecule has 2 nitrogen and oxygen atoms in total. The minimum Gasteiger partial charge on any atom is -0.367 e. The molecule has 0 aromatic heterocycles. The third kappa shape index (κ3) is 4.48. The Morgan fingerprint density at radius 2 is 1.85 bits per heavy atom. The lowest BCUT2D eigenvalue weighted by atomic mass is 9.87. The van der Waals surface area contributed by atoms with Gasteiger partial charge in [0.15, 0.2) is 0 Å². The Labute approximate surface area is 162 Å². The van der Waals surface area contributed by atoms with Crippen molar-refractivity contribution >= 4 is 23.1 Å². The molecule has 138 valence electrons. The minimum atomic E-state index is 0.0125. The number of fused-ring (bicyclic) bond motifs is 1. The highest BCUT2D eigenvalue weighted by Crippen LogP contribution is 2.32. The van der Waals surface area contributed by atoms with Gasteiger partial charge in [0.2, 0.25) is 0 Å². The first-order valence-corrected chi connectivity index (χ1v) is 9.73. The van der Waals surface area contributed by atoms with Crippen molar-refractivity contribution in [1.82, 2.24) is 0 Å². The maximum Gasteiger partial charge on any atom is 0.137 e. The summed E-state index contributed by atoms with van der Waals surface area (Å²) < 4.78 is 0. The summed E-state index contributed by atoms with van der Waals surface area (Å²) in [5, 5.41) is 0.709. The van der Waals surface area contributed by atoms with Crippen LogP contribution in [-0.2, 0) is 24.2 Å². The zero-order valence-corrected chi connectivity index (χ0v) is 17.0. The zero-order valence-electron chi connectivity index (χ0n) is 16.2. The van der Waals surface area contributed by atoms with Crippen LogP contribution >= 0.6 is 11.6 Å². The summed E-state index contributed by atoms with van der Waals surface area (Å²) in [7, 11) is 0. The molecule has 0 unspecified atom stereocenters. The largest absolute Gasteiger partial charge is 0.367 e. The fourth-order valence-corrected chi connectivity index (χ4v) is 4.06. The number of benzene rings is 2. The highest BCUT2D eigenvalue weighted by molar-refractivity contribution is 6.32. The molecule has 26 heavy (non-hydrogen) atoms. The molecule has 0 radical (unpaired) electrons. The number of carbonyl (C=O) groups excluding carboxylic acids is 1. The van der Waals surface area contributed by atoms with Gasteiger partial charge >= 0.3 is 0 Å². The average molecular weight is 370 g/mol. The van der Waals surface area contributed by atoms with Crippen LogP contribution in [0, 0.1) is 12.3 Å². The number of Topliss-reactive ketones (excluding diaryl/α,β-unsaturated/α-hetero) is 1. The van der Waals surface area contributed by atoms with Gasteiger partial charge in [-0.05, 0) is 53.1 Å². The second kappa shape index (κ2) is 7.44. The third-order valence-electron chi connectivity index (χ3n) is 5.00. The molecule has 2 aromatic rings. The Morgan fingerprint density at radius 1 is 1.15 bits per heavy atom. The first-order valence-electron chi connectivity index (χ1n) is 9.35. The van der Waals surface area contributed by atoms with E-state index in [1.54, 1.807) is 0 Å². The van der Waals surface area contributed by atoms with Crippen molar-refractivity contribution in [1.29, 1.82) is 0 Å². The van der Waals surface area contributed by atoms with Crippen LogP contribution < -0.4 is 4.90 Å². The van der Waals surface area contributed by atoms with Gasteiger partial charge in [-0.1, -0.05) is 56.6 Å². The number of carbonyl (C=O) groups is 1. The van der Waals surface area contributed by atoms with E-state index in [0.29, 0.717) is 17.9 Å². The van der Waals surface area contributed by atoms with Gasteiger partial charge in [0.1, 0.15) is 5.78 Å². The predicted octanol–water partition coefficient (Wildman–Crippen LogP) is 5.76. The first kappa shape index (κ1) is 19.0. The van der Waals surface area contributed by atoms with E-state index in [1.165, 1.54) is 11.1 Å². The van der Waals surface area contributed by atoms with Crippen molar-refractivity contribution in [2.24, 2.45) is 5.41 Å². The molecule has 0 N–H and O–H groups in total. The molecule has 1 aliphatic heterocycles. The summed E-state index contributed by atoms with van der Waals surface area (Å²) in [5.41, 5.74) is 6.07. The van der Waals surface area contributed by atoms with Crippen LogP contribution in [0.5, 0.6) is 0 Å². The molecule has 0 atom stereocenters. The van der Waals surface area contributed by atoms with Crippen LogP contribution in [0.15, 0.2) is 36.4 Å². The summed E-state index contributed by atoms with van der Waals surface area (Å²) in [4.78, 5) is 14.8. The van der Waals surface area contributed by atoms with E-state index in [0.717, 1.165) is 36.3 Å². The fraction of sp³-hybridized carbons (Fsp3) is 0.435. The van der Waals surface area contributed by atoms with Crippen LogP contribution in [0.3, 0.4) is 0 Å². The van der Waals surface area contributed by atoms with Gasteiger partial charge in [-0.25, -0.2) is 0 Å². The molecular formula is C23H28ClNO. The molecule has 0 aliphatic carbocycles. The van der Waals surface area contributed by atoms with Crippen LogP contribution in [0.2, 0.25) is 5.02 Å². The first-order chi connectivity index (χ1) is 12.2. The molecule has 1 aliphatic rings. The summed E-state index contributed by atoms with van der Waals surface area (Å²) in [6.45, 7) is 10.3. The quantitative estimate of drug-likeness (QED) is 0.682. The van der Waals surface area contributed by atoms with Crippen molar-refractivity contribution in [2.75, 3.05) is 11.4 Å². The summed E-state index contributed by atoms with van der Waals surface area (Å²) >= 11 is 6.59. The topological polar surface area (TPSA) is 20.3 Å². The second-order valence-electron chi connectivity index (χ2n) is 8.62. The summed E-state index contributed by atoms with van der Waals surface area (Å²) in [6.07, 6.45) is 2.05. The summed E-state index contributed by atoms with van der Waals surface area (Å²) in [6, 6.07) is 12.8. The lowest BCUT2D eigenvalue weighted by Gasteiger charge is -2.31. The number of rotatable bonds is 4. The monoisotopic (exact) mass is 369 g/mol. The fourth-order valence-electron chi connectivity index (χ4n) is 3.73. The number of ketones is 1. The number of halogens is 1. The van der Waals surface area contributed by atoms with E-state index in [4.69, 9.17) is 11.6 Å². The van der Waals surface area contributed by atoms with Crippen LogP contribution in [0.4, 0.5) is 5.69 Å². The van der Waals surface area contributed by atoms with E-state index in [-0.39, 0.29) is 11.2 Å². The van der Waals surface area contributed by atoms with Gasteiger partial charge in [-0.15, -0.1) is 0 Å². The van der Waals surface area contributed by atoms with Crippen molar-refractivity contribution in [3.63, 3.8) is 0 Å². The van der Waals surface area contributed by atoms with E-state index in [2.05, 4.69) is 62.9 Å². The third-order valence-corrected chi connectivity index (χ3v) is 5.34. The van der Waals surface area contributed by atoms with Gasteiger partial charge < -0.3 is 4.90 Å². The smallest absolute Gasteiger partial charge is 0.137 e. The molecule has 0 spiro atoms. The van der Waals surface area contributed by atoms with Crippen LogP contribution in [-0.4, -0.2) is 12.3 Å². The van der Waals surface area contributed by atoms with Crippen LogP contribution in [0.25, 0.3) is 0 Å². The zero-order chi connectivity index (χ0) is 18.9. The number of aryl methyl sites for hydroxylation is 1. The lowest BCUT2D eigenvalue weighted by molar-refractivity contribution is -0.120. The Balaban J connectivity index is 1.79. The molecule has 0 fully saturated rings. The number of anilines is 1. The van der Waals surface area contributed by atoms with E-state index in [1.807, 2.05) is 6.07 Å². The standard InChI is InChI=1S/C23H28ClNO/c1-16-11-19(25-10-9-17-7-5-6-8-18(17)15-25)12-22(24)21(16)13-20(26)14-23(2,3)4/h5-8,11-12H,9-10,13-15H2,1-4H3. The van der Waals surface area contributed by atoms with Gasteiger partial charge in [0, 0.05) is 36.6 Å². The normalized spacial score (nSPS) is 14.3. The van der Waals surface area contributed by atoms with Gasteiger partial charge in [0.05, 0.1) is 0 Å². The van der Waals surface area contributed by atoms with Crippen molar-refractivity contribution in [3.8, 4) is 0 Å². The van der Waals surface area contributed by atoms with Crippen molar-refractivity contribution < 1.29 is 4.79 Å². The highest BCUT2D eigenvalue weighted by Gasteiger charge is 2.20. The Morgan fingerprint density at radius 3 is 2.50 bits per heavy atom. The Kier molecular flexibility index (Phi) is 5.43. The maximum absolute atomic E-state index is 12.4. The van der Waals surface area contributed by atoms with Crippen molar-refractivity contribution in [3.05, 3.63) is 63.7 Å². The Hall–Kier alpha value is -1.80. The molecule has 2 aromatic carbocycles. The van der Waals surface area contributed by atoms with Gasteiger partial charge in [-0.3, -0.25) is 4.79 Å². The lowest BCUT2D eigenvalue weighted by Crippen LogP contribution is -2.30. The number of nitrogens with zero attached hydrogens (tertiary/aromatic N) is 1. The van der Waals surface area contributed by atoms with Crippen molar-refractivity contribution in [2.45, 2.75) is 53.5 Å². The molecular weight excluding hydrogens is 342 g/mol. The SMILES string of the molecule is Cc1cc(N2CCc3ccccc3C2)cc(Cl)c1CC(=O)CC(C)(C)C. The Bertz CT molecular complexity index is 796. The average Bonchev–Trinajstić information content (AvgIpc) is 2.56. The van der Waals surface area contributed by atoms with Gasteiger partial charge in [0.25, 0.3) is 0 Å². The molecule has 1 heterocycles. The molecule has 0 saturated carbocycles. The van der Waals surface area contributed by atoms with E-state index >= 15 is 0 Å². The predicted molar refractivity (Wildman–Crippen MR) is 110 cm³/mol. The maximum atomic E-state index is 12.4. The van der Waals surface area contributed by atoms with Gasteiger partial charge in [-0.2, -0.15) is 0 Å². The van der Waals surface area contributed by atoms with E-state index in [9.17, 15) is 4.79 Å². The highest BCUT2D eigenvalue weighted by atomic mass is 35.5. The number of hydrogen-bond donors (Lipinski definition) is 0. The summed E-state index contributed by atoms with van der Waals surface area (Å²) in [5.74, 6) is 0.252. The second-order valence-corrected chi connectivity index (χ2v) is 9.02. The molecule has 3 heteroatoms. The molecule has 0 saturated heterocycles. The minimum absolute atomic E-state index is 0.0125. The van der Waals surface area contributed by atoms with Crippen LogP contribution in [0.1, 0.15) is 49.4 Å². The molecule has 0 bridgehead atoms.